The molecule has 0 fully saturated rings. The number of carbonyl (C=O) groups excluding carboxylic acids is 1. The molecule has 1 amide bonds. The largest absolute Gasteiger partial charge is 0.338 e. The van der Waals surface area contributed by atoms with Crippen LogP contribution in [0.5, 0.6) is 0 Å². The van der Waals surface area contributed by atoms with E-state index < -0.39 is 10.0 Å². The summed E-state index contributed by atoms with van der Waals surface area (Å²) < 4.78 is 26.2. The molecule has 0 radical (unpaired) electrons. The fraction of sp³-hybridized carbons (Fsp3) is 0.278. The maximum atomic E-state index is 12.6. The summed E-state index contributed by atoms with van der Waals surface area (Å²) in [5, 5.41) is 0.456. The van der Waals surface area contributed by atoms with Crippen LogP contribution in [0.25, 0.3) is 0 Å². The second kappa shape index (κ2) is 8.47. The molecule has 0 saturated carbocycles. The normalized spacial score (nSPS) is 11.5. The van der Waals surface area contributed by atoms with E-state index in [0.717, 1.165) is 9.87 Å². The molecule has 0 spiro atoms. The number of likely N-dealkylation sites (N-methyl/N-ethyl adjacent to an activating group) is 2. The maximum Gasteiger partial charge on any atom is 0.243 e. The third-order valence-electron chi connectivity index (χ3n) is 3.83. The van der Waals surface area contributed by atoms with Gasteiger partial charge in [-0.1, -0.05) is 41.9 Å². The molecule has 2 rings (SSSR count). The summed E-state index contributed by atoms with van der Waals surface area (Å²) in [5.41, 5.74) is 1.00. The van der Waals surface area contributed by atoms with Crippen LogP contribution < -0.4 is 0 Å². The van der Waals surface area contributed by atoms with Gasteiger partial charge in [0.1, 0.15) is 0 Å². The fourth-order valence-corrected chi connectivity index (χ4v) is 3.59. The van der Waals surface area contributed by atoms with Gasteiger partial charge in [0.15, 0.2) is 0 Å². The lowest BCUT2D eigenvalue weighted by Crippen LogP contribution is -2.40. The van der Waals surface area contributed by atoms with Crippen LogP contribution in [-0.4, -0.2) is 43.7 Å². The number of sulfonamides is 1. The van der Waals surface area contributed by atoms with Crippen molar-refractivity contribution >= 4 is 27.5 Å². The number of carbonyl (C=O) groups is 1. The topological polar surface area (TPSA) is 57.7 Å². The molecule has 5 nitrogen and oxygen atoms in total. The molecule has 25 heavy (non-hydrogen) atoms. The Kier molecular flexibility index (Phi) is 6.58. The average molecular weight is 381 g/mol. The van der Waals surface area contributed by atoms with Gasteiger partial charge < -0.3 is 4.90 Å². The minimum atomic E-state index is -3.74. The molecule has 2 aromatic carbocycles. The van der Waals surface area contributed by atoms with E-state index in [1.54, 1.807) is 4.90 Å². The van der Waals surface area contributed by atoms with Crippen LogP contribution in [0.15, 0.2) is 59.5 Å². The minimum absolute atomic E-state index is 0.110. The Labute approximate surface area is 153 Å². The van der Waals surface area contributed by atoms with Crippen molar-refractivity contribution < 1.29 is 13.2 Å². The minimum Gasteiger partial charge on any atom is -0.338 e. The number of hydrogen-bond acceptors (Lipinski definition) is 3. The van der Waals surface area contributed by atoms with Crippen molar-refractivity contribution in [2.75, 3.05) is 20.1 Å². The van der Waals surface area contributed by atoms with Gasteiger partial charge in [-0.3, -0.25) is 4.79 Å². The van der Waals surface area contributed by atoms with Gasteiger partial charge in [0.25, 0.3) is 0 Å². The van der Waals surface area contributed by atoms with Crippen LogP contribution in [0.2, 0.25) is 5.02 Å². The molecule has 0 unspecified atom stereocenters. The van der Waals surface area contributed by atoms with Crippen molar-refractivity contribution in [1.29, 1.82) is 0 Å². The van der Waals surface area contributed by atoms with Gasteiger partial charge in [-0.15, -0.1) is 0 Å². The molecule has 2 aromatic rings. The quantitative estimate of drug-likeness (QED) is 0.741. The molecular weight excluding hydrogens is 360 g/mol. The van der Waals surface area contributed by atoms with Crippen molar-refractivity contribution in [3.63, 3.8) is 0 Å². The van der Waals surface area contributed by atoms with Crippen LogP contribution in [-0.2, 0) is 21.4 Å². The Hall–Kier alpha value is -1.89. The van der Waals surface area contributed by atoms with Gasteiger partial charge in [0, 0.05) is 25.2 Å². The molecule has 7 heteroatoms. The highest BCUT2D eigenvalue weighted by Crippen LogP contribution is 2.17. The molecule has 0 saturated heterocycles. The van der Waals surface area contributed by atoms with Crippen molar-refractivity contribution in [3.05, 3.63) is 65.2 Å². The Morgan fingerprint density at radius 3 is 2.20 bits per heavy atom. The van der Waals surface area contributed by atoms with E-state index in [-0.39, 0.29) is 17.3 Å². The first-order valence-corrected chi connectivity index (χ1v) is 9.70. The highest BCUT2D eigenvalue weighted by atomic mass is 35.5. The van der Waals surface area contributed by atoms with E-state index in [2.05, 4.69) is 0 Å². The number of nitrogens with zero attached hydrogens (tertiary/aromatic N) is 2. The Morgan fingerprint density at radius 1 is 1.04 bits per heavy atom. The molecule has 0 aliphatic heterocycles. The van der Waals surface area contributed by atoms with Gasteiger partial charge in [0.2, 0.25) is 15.9 Å². The van der Waals surface area contributed by atoms with E-state index in [1.807, 2.05) is 37.3 Å². The highest BCUT2D eigenvalue weighted by Gasteiger charge is 2.24. The lowest BCUT2D eigenvalue weighted by Gasteiger charge is -2.24. The van der Waals surface area contributed by atoms with Crippen LogP contribution >= 0.6 is 11.6 Å². The van der Waals surface area contributed by atoms with E-state index in [1.165, 1.54) is 31.3 Å². The molecule has 0 bridgehead atoms. The van der Waals surface area contributed by atoms with Crippen LogP contribution in [0.1, 0.15) is 12.5 Å². The second-order valence-corrected chi connectivity index (χ2v) is 8.09. The van der Waals surface area contributed by atoms with E-state index in [0.29, 0.717) is 18.1 Å². The van der Waals surface area contributed by atoms with E-state index in [9.17, 15) is 13.2 Å². The Morgan fingerprint density at radius 2 is 1.64 bits per heavy atom. The lowest BCUT2D eigenvalue weighted by molar-refractivity contribution is -0.131. The van der Waals surface area contributed by atoms with Gasteiger partial charge in [-0.2, -0.15) is 4.31 Å². The molecular formula is C18H21ClN2O3S. The van der Waals surface area contributed by atoms with Crippen molar-refractivity contribution in [1.82, 2.24) is 9.21 Å². The molecule has 0 N–H and O–H groups in total. The third kappa shape index (κ3) is 5.04. The first-order valence-electron chi connectivity index (χ1n) is 7.88. The summed E-state index contributed by atoms with van der Waals surface area (Å²) in [6.07, 6.45) is 0. The number of amides is 1. The van der Waals surface area contributed by atoms with Gasteiger partial charge in [-0.05, 0) is 36.8 Å². The maximum absolute atomic E-state index is 12.6. The average Bonchev–Trinajstić information content (AvgIpc) is 2.60. The molecule has 0 aliphatic carbocycles. The predicted molar refractivity (Wildman–Crippen MR) is 98.8 cm³/mol. The number of hydrogen-bond donors (Lipinski definition) is 0. The lowest BCUT2D eigenvalue weighted by atomic mass is 10.2. The summed E-state index contributed by atoms with van der Waals surface area (Å²) in [5.74, 6) is -0.244. The Bertz CT molecular complexity index is 808. The van der Waals surface area contributed by atoms with Crippen molar-refractivity contribution in [3.8, 4) is 0 Å². The monoisotopic (exact) mass is 380 g/mol. The first kappa shape index (κ1) is 19.4. The summed E-state index contributed by atoms with van der Waals surface area (Å²) in [4.78, 5) is 14.3. The smallest absolute Gasteiger partial charge is 0.243 e. The summed E-state index contributed by atoms with van der Waals surface area (Å²) in [7, 11) is -2.34. The standard InChI is InChI=1S/C18H21ClN2O3S/c1-3-21(13-15-7-5-4-6-8-15)18(22)14-20(2)25(23,24)17-11-9-16(19)10-12-17/h4-12H,3,13-14H2,1-2H3. The van der Waals surface area contributed by atoms with Gasteiger partial charge in [-0.25, -0.2) is 8.42 Å². The van der Waals surface area contributed by atoms with Crippen LogP contribution in [0.4, 0.5) is 0 Å². The van der Waals surface area contributed by atoms with Crippen LogP contribution in [0, 0.1) is 0 Å². The SMILES string of the molecule is CCN(Cc1ccccc1)C(=O)CN(C)S(=O)(=O)c1ccc(Cl)cc1. The summed E-state index contributed by atoms with van der Waals surface area (Å²) >= 11 is 5.79. The number of benzene rings is 2. The molecule has 0 atom stereocenters. The molecule has 0 aliphatic rings. The van der Waals surface area contributed by atoms with Gasteiger partial charge >= 0.3 is 0 Å². The van der Waals surface area contributed by atoms with E-state index in [4.69, 9.17) is 11.6 Å². The number of rotatable bonds is 7. The van der Waals surface area contributed by atoms with Crippen molar-refractivity contribution in [2.45, 2.75) is 18.4 Å². The zero-order valence-corrected chi connectivity index (χ0v) is 15.8. The summed E-state index contributed by atoms with van der Waals surface area (Å²) in [6.45, 7) is 2.60. The van der Waals surface area contributed by atoms with Crippen LogP contribution in [0.3, 0.4) is 0 Å². The Balaban J connectivity index is 2.08. The fourth-order valence-electron chi connectivity index (χ4n) is 2.34. The highest BCUT2D eigenvalue weighted by molar-refractivity contribution is 7.89. The summed E-state index contributed by atoms with van der Waals surface area (Å²) in [6, 6.07) is 15.5. The molecule has 0 aromatic heterocycles. The zero-order valence-electron chi connectivity index (χ0n) is 14.2. The molecule has 0 heterocycles. The van der Waals surface area contributed by atoms with Crippen molar-refractivity contribution in [2.24, 2.45) is 0 Å². The first-order chi connectivity index (χ1) is 11.8. The zero-order chi connectivity index (χ0) is 18.4. The van der Waals surface area contributed by atoms with Gasteiger partial charge in [0.05, 0.1) is 11.4 Å². The third-order valence-corrected chi connectivity index (χ3v) is 5.90. The predicted octanol–water partition coefficient (Wildman–Crippen LogP) is 3.01. The number of halogens is 1. The molecule has 134 valence electrons. The van der Waals surface area contributed by atoms with E-state index >= 15 is 0 Å². The second-order valence-electron chi connectivity index (χ2n) is 5.61.